The second-order valence-electron chi connectivity index (χ2n) is 5.62. The molecule has 0 atom stereocenters. The smallest absolute Gasteiger partial charge is 0.337 e. The summed E-state index contributed by atoms with van der Waals surface area (Å²) in [5.41, 5.74) is 1.33. The van der Waals surface area contributed by atoms with Crippen molar-refractivity contribution in [2.24, 2.45) is 5.92 Å². The number of methoxy groups -OCH3 is 2. The number of amides is 1. The van der Waals surface area contributed by atoms with Crippen LogP contribution in [-0.4, -0.2) is 50.7 Å². The monoisotopic (exact) mass is 319 g/mol. The molecule has 0 aliphatic rings. The molecule has 1 rings (SSSR count). The lowest BCUT2D eigenvalue weighted by molar-refractivity contribution is -0.127. The molecule has 5 heteroatoms. The number of carbonyl (C=O) groups excluding carboxylic acids is 2. The highest BCUT2D eigenvalue weighted by molar-refractivity contribution is 5.92. The van der Waals surface area contributed by atoms with E-state index in [2.05, 4.69) is 18.6 Å². The number of hydrogen-bond donors (Lipinski definition) is 0. The van der Waals surface area contributed by atoms with Crippen molar-refractivity contribution in [1.29, 1.82) is 0 Å². The molecule has 0 saturated heterocycles. The van der Waals surface area contributed by atoms with Gasteiger partial charge in [0.25, 0.3) is 0 Å². The van der Waals surface area contributed by atoms with Crippen molar-refractivity contribution < 1.29 is 19.1 Å². The molecule has 0 saturated carbocycles. The Labute approximate surface area is 137 Å². The van der Waals surface area contributed by atoms with E-state index in [9.17, 15) is 9.59 Å². The van der Waals surface area contributed by atoms with Crippen LogP contribution >= 0.6 is 0 Å². The van der Waals surface area contributed by atoms with E-state index >= 15 is 0 Å². The van der Waals surface area contributed by atoms with Crippen molar-refractivity contribution in [3.8, 4) is 0 Å². The summed E-state index contributed by atoms with van der Waals surface area (Å²) in [5.74, 6) is -0.0318. The number of ether oxygens (including phenoxy) is 2. The molecule has 0 radical (unpaired) electrons. The third-order valence-corrected chi connectivity index (χ3v) is 3.21. The number of esters is 1. The summed E-state index contributed by atoms with van der Waals surface area (Å²) >= 11 is 0. The van der Waals surface area contributed by atoms with Crippen LogP contribution in [0.4, 0.5) is 0 Å². The Morgan fingerprint density at radius 2 is 1.83 bits per heavy atom. The average Bonchev–Trinajstić information content (AvgIpc) is 2.55. The first kappa shape index (κ1) is 18.9. The van der Waals surface area contributed by atoms with E-state index in [0.29, 0.717) is 31.2 Å². The van der Waals surface area contributed by atoms with Crippen LogP contribution in [0.3, 0.4) is 0 Å². The Morgan fingerprint density at radius 3 is 2.35 bits per heavy atom. The van der Waals surface area contributed by atoms with E-state index in [1.165, 1.54) is 7.11 Å². The summed E-state index contributed by atoms with van der Waals surface area (Å²) in [6, 6.07) is 6.90. The van der Waals surface area contributed by atoms with Gasteiger partial charge in [0.15, 0.2) is 0 Å². The van der Waals surface area contributed by atoms with Gasteiger partial charge in [0.2, 0.25) is 5.91 Å². The van der Waals surface area contributed by atoms with Gasteiger partial charge >= 0.3 is 5.97 Å². The predicted octanol–water partition coefficient (Wildman–Crippen LogP) is 2.62. The van der Waals surface area contributed by atoms with Crippen molar-refractivity contribution in [1.82, 2.24) is 4.90 Å². The topological polar surface area (TPSA) is 55.8 Å². The summed E-state index contributed by atoms with van der Waals surface area (Å²) < 4.78 is 9.70. The summed E-state index contributed by atoms with van der Waals surface area (Å²) in [6.07, 6.45) is 3.29. The molecule has 0 heterocycles. The van der Waals surface area contributed by atoms with Gasteiger partial charge in [-0.15, -0.1) is 0 Å². The van der Waals surface area contributed by atoms with Gasteiger partial charge < -0.3 is 14.4 Å². The van der Waals surface area contributed by atoms with Gasteiger partial charge in [-0.2, -0.15) is 0 Å². The van der Waals surface area contributed by atoms with Crippen LogP contribution in [0.2, 0.25) is 0 Å². The number of carbonyl (C=O) groups is 2. The molecule has 0 aliphatic heterocycles. The average molecular weight is 319 g/mol. The van der Waals surface area contributed by atoms with Gasteiger partial charge in [-0.05, 0) is 29.7 Å². The van der Waals surface area contributed by atoms with Gasteiger partial charge in [-0.1, -0.05) is 26.0 Å². The maximum absolute atomic E-state index is 12.3. The lowest BCUT2D eigenvalue weighted by atomic mass is 10.1. The third-order valence-electron chi connectivity index (χ3n) is 3.21. The van der Waals surface area contributed by atoms with Gasteiger partial charge in [-0.25, -0.2) is 4.79 Å². The van der Waals surface area contributed by atoms with E-state index < -0.39 is 0 Å². The zero-order valence-corrected chi connectivity index (χ0v) is 14.2. The molecule has 5 nitrogen and oxygen atoms in total. The predicted molar refractivity (Wildman–Crippen MR) is 90.1 cm³/mol. The van der Waals surface area contributed by atoms with Crippen molar-refractivity contribution in [2.75, 3.05) is 33.9 Å². The van der Waals surface area contributed by atoms with Crippen molar-refractivity contribution in [3.05, 3.63) is 41.5 Å². The number of benzene rings is 1. The van der Waals surface area contributed by atoms with Crippen molar-refractivity contribution in [2.45, 2.75) is 13.8 Å². The second kappa shape index (κ2) is 9.79. The Bertz CT molecular complexity index is 534. The first-order valence-corrected chi connectivity index (χ1v) is 7.62. The number of nitrogens with zero attached hydrogens (tertiary/aromatic N) is 1. The van der Waals surface area contributed by atoms with E-state index in [4.69, 9.17) is 4.74 Å². The largest absolute Gasteiger partial charge is 0.465 e. The minimum Gasteiger partial charge on any atom is -0.465 e. The Morgan fingerprint density at radius 1 is 1.17 bits per heavy atom. The number of rotatable bonds is 8. The van der Waals surface area contributed by atoms with Crippen LogP contribution in [0.1, 0.15) is 29.8 Å². The highest BCUT2D eigenvalue weighted by atomic mass is 16.5. The molecule has 23 heavy (non-hydrogen) atoms. The SMILES string of the molecule is COCCN(CC(C)C)C(=O)/C=C/c1ccc(C(=O)OC)cc1. The molecule has 1 aromatic rings. The van der Waals surface area contributed by atoms with Crippen LogP contribution in [0.25, 0.3) is 6.08 Å². The zero-order valence-electron chi connectivity index (χ0n) is 14.2. The molecular weight excluding hydrogens is 294 g/mol. The Kier molecular flexibility index (Phi) is 8.05. The van der Waals surface area contributed by atoms with E-state index in [-0.39, 0.29) is 11.9 Å². The zero-order chi connectivity index (χ0) is 17.2. The molecule has 0 aliphatic carbocycles. The molecule has 0 bridgehead atoms. The van der Waals surface area contributed by atoms with Gasteiger partial charge in [-0.3, -0.25) is 4.79 Å². The molecule has 0 spiro atoms. The minimum atomic E-state index is -0.376. The van der Waals surface area contributed by atoms with E-state index in [1.54, 1.807) is 48.4 Å². The van der Waals surface area contributed by atoms with E-state index in [1.807, 2.05) is 0 Å². The maximum atomic E-state index is 12.3. The van der Waals surface area contributed by atoms with Crippen LogP contribution in [0, 0.1) is 5.92 Å². The fraction of sp³-hybridized carbons (Fsp3) is 0.444. The lowest BCUT2D eigenvalue weighted by Crippen LogP contribution is -2.35. The standard InChI is InChI=1S/C18H25NO4/c1-14(2)13-19(11-12-22-3)17(20)10-7-15-5-8-16(9-6-15)18(21)23-4/h5-10,14H,11-13H2,1-4H3/b10-7+. The molecule has 126 valence electrons. The first-order valence-electron chi connectivity index (χ1n) is 7.62. The highest BCUT2D eigenvalue weighted by Crippen LogP contribution is 2.08. The van der Waals surface area contributed by atoms with Crippen LogP contribution in [0.15, 0.2) is 30.3 Å². The molecular formula is C18H25NO4. The fourth-order valence-corrected chi connectivity index (χ4v) is 2.05. The second-order valence-corrected chi connectivity index (χ2v) is 5.62. The normalized spacial score (nSPS) is 11.0. The van der Waals surface area contributed by atoms with Gasteiger partial charge in [0, 0.05) is 26.3 Å². The number of hydrogen-bond acceptors (Lipinski definition) is 4. The van der Waals surface area contributed by atoms with Crippen LogP contribution in [-0.2, 0) is 14.3 Å². The fourth-order valence-electron chi connectivity index (χ4n) is 2.05. The van der Waals surface area contributed by atoms with Gasteiger partial charge in [0.05, 0.1) is 19.3 Å². The van der Waals surface area contributed by atoms with E-state index in [0.717, 1.165) is 5.56 Å². The van der Waals surface area contributed by atoms with Crippen LogP contribution < -0.4 is 0 Å². The summed E-state index contributed by atoms with van der Waals surface area (Å²) in [4.78, 5) is 25.4. The molecule has 1 amide bonds. The highest BCUT2D eigenvalue weighted by Gasteiger charge is 2.12. The molecule has 0 unspecified atom stereocenters. The van der Waals surface area contributed by atoms with Crippen LogP contribution in [0.5, 0.6) is 0 Å². The molecule has 1 aromatic carbocycles. The lowest BCUT2D eigenvalue weighted by Gasteiger charge is -2.22. The summed E-state index contributed by atoms with van der Waals surface area (Å²) in [5, 5.41) is 0. The summed E-state index contributed by atoms with van der Waals surface area (Å²) in [7, 11) is 2.97. The Balaban J connectivity index is 2.72. The molecule has 0 fully saturated rings. The Hall–Kier alpha value is -2.14. The summed E-state index contributed by atoms with van der Waals surface area (Å²) in [6.45, 7) is 5.91. The molecule has 0 aromatic heterocycles. The van der Waals surface area contributed by atoms with Crippen molar-refractivity contribution >= 4 is 18.0 Å². The third kappa shape index (κ3) is 6.65. The maximum Gasteiger partial charge on any atom is 0.337 e. The quantitative estimate of drug-likeness (QED) is 0.546. The van der Waals surface area contributed by atoms with Gasteiger partial charge in [0.1, 0.15) is 0 Å². The van der Waals surface area contributed by atoms with Crippen molar-refractivity contribution in [3.63, 3.8) is 0 Å². The minimum absolute atomic E-state index is 0.0483. The first-order chi connectivity index (χ1) is 11.0. The molecule has 0 N–H and O–H groups in total.